The van der Waals surface area contributed by atoms with Gasteiger partial charge in [0.2, 0.25) is 0 Å². The van der Waals surface area contributed by atoms with Gasteiger partial charge in [0.15, 0.2) is 11.6 Å². The highest BCUT2D eigenvalue weighted by molar-refractivity contribution is 6.27. The molecule has 9 heteroatoms. The van der Waals surface area contributed by atoms with Gasteiger partial charge < -0.3 is 19.8 Å². The summed E-state index contributed by atoms with van der Waals surface area (Å²) < 4.78 is 46.9. The van der Waals surface area contributed by atoms with Crippen molar-refractivity contribution in [2.24, 2.45) is 0 Å². The van der Waals surface area contributed by atoms with Gasteiger partial charge in [0.05, 0.1) is 6.61 Å². The summed E-state index contributed by atoms with van der Waals surface area (Å²) in [5.41, 5.74) is 3.74. The molecule has 0 spiro atoms. The molecule has 3 aromatic carbocycles. The summed E-state index contributed by atoms with van der Waals surface area (Å²) in [7, 11) is 4.06. The highest BCUT2D eigenvalue weighted by atomic mass is 19.2. The number of fused-ring (bicyclic) bond motifs is 1. The second-order valence-corrected chi connectivity index (χ2v) is 8.64. The molecule has 0 bridgehead atoms. The van der Waals surface area contributed by atoms with E-state index in [9.17, 15) is 13.2 Å². The van der Waals surface area contributed by atoms with Crippen LogP contribution in [0.3, 0.4) is 0 Å². The molecule has 0 saturated heterocycles. The maximum atomic E-state index is 13.7. The predicted molar refractivity (Wildman–Crippen MR) is 127 cm³/mol. The van der Waals surface area contributed by atoms with E-state index >= 15 is 0 Å². The summed E-state index contributed by atoms with van der Waals surface area (Å²) in [4.78, 5) is 20.3. The van der Waals surface area contributed by atoms with E-state index in [1.54, 1.807) is 18.2 Å². The molecule has 0 aromatic heterocycles. The van der Waals surface area contributed by atoms with Crippen LogP contribution in [-0.2, 0) is 26.5 Å². The summed E-state index contributed by atoms with van der Waals surface area (Å²) in [5.74, 6) is -5.66. The second kappa shape index (κ2) is 11.4. The number of benzene rings is 3. The fourth-order valence-corrected chi connectivity index (χ4v) is 4.19. The minimum atomic E-state index is -1.82. The van der Waals surface area contributed by atoms with Crippen LogP contribution in [0.5, 0.6) is 0 Å². The zero-order valence-electron chi connectivity index (χ0n) is 19.8. The molecular formula is C27H26F3NO5. The number of aliphatic carboxylic acids is 2. The molecule has 1 aliphatic heterocycles. The lowest BCUT2D eigenvalue weighted by atomic mass is 9.81. The van der Waals surface area contributed by atoms with Gasteiger partial charge in [0, 0.05) is 0 Å². The van der Waals surface area contributed by atoms with Gasteiger partial charge in [0.1, 0.15) is 11.4 Å². The number of halogens is 3. The molecule has 0 amide bonds. The predicted octanol–water partition coefficient (Wildman–Crippen LogP) is 5.04. The van der Waals surface area contributed by atoms with E-state index in [0.29, 0.717) is 12.2 Å². The van der Waals surface area contributed by atoms with Crippen LogP contribution in [-0.4, -0.2) is 47.7 Å². The number of carboxylic acids is 2. The molecule has 0 radical (unpaired) electrons. The van der Waals surface area contributed by atoms with Crippen molar-refractivity contribution in [3.8, 4) is 11.1 Å². The third-order valence-electron chi connectivity index (χ3n) is 5.89. The lowest BCUT2D eigenvalue weighted by molar-refractivity contribution is -0.159. The molecule has 1 heterocycles. The average Bonchev–Trinajstić information content (AvgIpc) is 3.20. The molecule has 1 unspecified atom stereocenters. The zero-order chi connectivity index (χ0) is 26.5. The molecule has 4 rings (SSSR count). The first-order valence-corrected chi connectivity index (χ1v) is 11.1. The second-order valence-electron chi connectivity index (χ2n) is 8.64. The summed E-state index contributed by atoms with van der Waals surface area (Å²) in [5, 5.41) is 14.8. The molecule has 2 N–H and O–H groups in total. The Bertz CT molecular complexity index is 1230. The highest BCUT2D eigenvalue weighted by Gasteiger charge is 2.41. The molecular weight excluding hydrogens is 475 g/mol. The van der Waals surface area contributed by atoms with Gasteiger partial charge in [0.25, 0.3) is 0 Å². The molecule has 0 fully saturated rings. The molecule has 36 heavy (non-hydrogen) atoms. The van der Waals surface area contributed by atoms with E-state index in [4.69, 9.17) is 24.5 Å². The zero-order valence-corrected chi connectivity index (χ0v) is 19.8. The summed E-state index contributed by atoms with van der Waals surface area (Å²) in [6.07, 6.45) is 1.67. The Kier molecular flexibility index (Phi) is 8.49. The van der Waals surface area contributed by atoms with Gasteiger partial charge in [-0.1, -0.05) is 30.3 Å². The Morgan fingerprint density at radius 2 is 1.50 bits per heavy atom. The van der Waals surface area contributed by atoms with Gasteiger partial charge in [-0.25, -0.2) is 22.8 Å². The van der Waals surface area contributed by atoms with Gasteiger partial charge in [-0.3, -0.25) is 0 Å². The SMILES string of the molecule is CN(C)CCCC1(c2ccc(F)cc2)OCc2cc(-c3ccc(F)c(F)c3)ccc21.O=C(O)C(=O)O. The first-order valence-electron chi connectivity index (χ1n) is 11.1. The lowest BCUT2D eigenvalue weighted by Gasteiger charge is -2.31. The minimum Gasteiger partial charge on any atom is -0.473 e. The Labute approximate surface area is 206 Å². The Morgan fingerprint density at radius 3 is 2.08 bits per heavy atom. The van der Waals surface area contributed by atoms with Crippen LogP contribution in [0.2, 0.25) is 0 Å². The van der Waals surface area contributed by atoms with Crippen LogP contribution >= 0.6 is 0 Å². The maximum Gasteiger partial charge on any atom is 0.414 e. The van der Waals surface area contributed by atoms with E-state index in [-0.39, 0.29) is 5.82 Å². The van der Waals surface area contributed by atoms with Crippen LogP contribution in [0.15, 0.2) is 60.7 Å². The summed E-state index contributed by atoms with van der Waals surface area (Å²) in [6.45, 7) is 1.32. The Balaban J connectivity index is 0.000000538. The molecule has 0 aliphatic carbocycles. The number of hydrogen-bond donors (Lipinski definition) is 2. The third-order valence-corrected chi connectivity index (χ3v) is 5.89. The Hall–Kier alpha value is -3.69. The first kappa shape index (κ1) is 26.9. The van der Waals surface area contributed by atoms with Crippen molar-refractivity contribution >= 4 is 11.9 Å². The number of nitrogens with zero attached hydrogens (tertiary/aromatic N) is 1. The standard InChI is InChI=1S/C25H24F3NO.C2H2O4/c1-29(2)13-3-12-25(20-6-8-21(26)9-7-20)22-10-4-17(14-19(22)16-30-25)18-5-11-23(27)24(28)15-18;3-1(4)2(5)6/h4-11,14-15H,3,12-13,16H2,1-2H3;(H,3,4)(H,5,6). The molecule has 3 aromatic rings. The van der Waals surface area contributed by atoms with Crippen molar-refractivity contribution in [2.75, 3.05) is 20.6 Å². The monoisotopic (exact) mass is 501 g/mol. The molecule has 190 valence electrons. The van der Waals surface area contributed by atoms with Crippen molar-refractivity contribution in [2.45, 2.75) is 25.0 Å². The van der Waals surface area contributed by atoms with E-state index in [1.165, 1.54) is 18.2 Å². The van der Waals surface area contributed by atoms with E-state index in [0.717, 1.165) is 47.7 Å². The van der Waals surface area contributed by atoms with Gasteiger partial charge in [-0.2, -0.15) is 0 Å². The van der Waals surface area contributed by atoms with Crippen LogP contribution < -0.4 is 0 Å². The van der Waals surface area contributed by atoms with Crippen molar-refractivity contribution < 1.29 is 37.7 Å². The Morgan fingerprint density at radius 1 is 0.889 bits per heavy atom. The van der Waals surface area contributed by atoms with E-state index in [1.807, 2.05) is 32.3 Å². The van der Waals surface area contributed by atoms with Crippen LogP contribution in [0.4, 0.5) is 13.2 Å². The largest absolute Gasteiger partial charge is 0.473 e. The highest BCUT2D eigenvalue weighted by Crippen LogP contribution is 2.46. The van der Waals surface area contributed by atoms with Crippen molar-refractivity contribution in [3.05, 3.63) is 94.8 Å². The third kappa shape index (κ3) is 6.10. The number of hydrogen-bond acceptors (Lipinski definition) is 4. The van der Waals surface area contributed by atoms with Crippen LogP contribution in [0.1, 0.15) is 29.5 Å². The molecule has 0 saturated carbocycles. The quantitative estimate of drug-likeness (QED) is 0.460. The fraction of sp³-hybridized carbons (Fsp3) is 0.259. The number of ether oxygens (including phenoxy) is 1. The molecule has 6 nitrogen and oxygen atoms in total. The van der Waals surface area contributed by atoms with Gasteiger partial charge in [-0.05, 0) is 91.6 Å². The van der Waals surface area contributed by atoms with Gasteiger partial charge in [-0.15, -0.1) is 0 Å². The number of carbonyl (C=O) groups is 2. The number of carboxylic acid groups (broad SMARTS) is 2. The maximum absolute atomic E-state index is 13.7. The topological polar surface area (TPSA) is 87.1 Å². The smallest absolute Gasteiger partial charge is 0.414 e. The average molecular weight is 502 g/mol. The minimum absolute atomic E-state index is 0.283. The summed E-state index contributed by atoms with van der Waals surface area (Å²) in [6, 6.07) is 16.3. The van der Waals surface area contributed by atoms with Crippen molar-refractivity contribution in [1.82, 2.24) is 4.90 Å². The normalized spacial score (nSPS) is 16.3. The van der Waals surface area contributed by atoms with E-state index in [2.05, 4.69) is 4.90 Å². The van der Waals surface area contributed by atoms with Crippen LogP contribution in [0, 0.1) is 17.5 Å². The van der Waals surface area contributed by atoms with Crippen molar-refractivity contribution in [1.29, 1.82) is 0 Å². The summed E-state index contributed by atoms with van der Waals surface area (Å²) >= 11 is 0. The first-order chi connectivity index (χ1) is 17.0. The fourth-order valence-electron chi connectivity index (χ4n) is 4.19. The van der Waals surface area contributed by atoms with Gasteiger partial charge >= 0.3 is 11.9 Å². The molecule has 1 aliphatic rings. The van der Waals surface area contributed by atoms with E-state index < -0.39 is 29.2 Å². The number of rotatable bonds is 6. The van der Waals surface area contributed by atoms with Crippen LogP contribution in [0.25, 0.3) is 11.1 Å². The molecule has 1 atom stereocenters. The van der Waals surface area contributed by atoms with Crippen molar-refractivity contribution in [3.63, 3.8) is 0 Å². The lowest BCUT2D eigenvalue weighted by Crippen LogP contribution is -2.28.